The second-order valence-corrected chi connectivity index (χ2v) is 5.00. The van der Waals surface area contributed by atoms with E-state index in [0.29, 0.717) is 11.8 Å². The molecular formula is C12H22O. The van der Waals surface area contributed by atoms with Crippen molar-refractivity contribution in [2.24, 2.45) is 11.8 Å². The molecule has 2 atom stereocenters. The lowest BCUT2D eigenvalue weighted by Crippen LogP contribution is -2.42. The Morgan fingerprint density at radius 1 is 1.15 bits per heavy atom. The van der Waals surface area contributed by atoms with Crippen LogP contribution in [-0.2, 0) is 0 Å². The number of hydrogen-bond donors (Lipinski definition) is 1. The number of rotatable bonds is 3. The summed E-state index contributed by atoms with van der Waals surface area (Å²) in [6.45, 7) is 2.22. The first-order valence-corrected chi connectivity index (χ1v) is 5.99. The van der Waals surface area contributed by atoms with Gasteiger partial charge in [0.25, 0.3) is 0 Å². The highest BCUT2D eigenvalue weighted by atomic mass is 16.3. The van der Waals surface area contributed by atoms with Crippen LogP contribution in [0.5, 0.6) is 0 Å². The van der Waals surface area contributed by atoms with Crippen LogP contribution < -0.4 is 0 Å². The molecule has 13 heavy (non-hydrogen) atoms. The molecule has 0 saturated heterocycles. The van der Waals surface area contributed by atoms with Gasteiger partial charge in [0, 0.05) is 0 Å². The maximum atomic E-state index is 10.6. The van der Waals surface area contributed by atoms with Crippen molar-refractivity contribution in [2.45, 2.75) is 63.9 Å². The summed E-state index contributed by atoms with van der Waals surface area (Å²) in [5, 5.41) is 10.6. The average molecular weight is 182 g/mol. The Hall–Kier alpha value is -0.0400. The summed E-state index contributed by atoms with van der Waals surface area (Å²) in [6.07, 6.45) is 10.0. The maximum absolute atomic E-state index is 10.6. The average Bonchev–Trinajstić information content (AvgIpc) is 2.39. The molecule has 1 heteroatoms. The van der Waals surface area contributed by atoms with E-state index >= 15 is 0 Å². The molecule has 2 aliphatic carbocycles. The van der Waals surface area contributed by atoms with Gasteiger partial charge in [0.05, 0.1) is 5.60 Å². The van der Waals surface area contributed by atoms with Gasteiger partial charge in [0.15, 0.2) is 0 Å². The highest BCUT2D eigenvalue weighted by Crippen LogP contribution is 2.51. The standard InChI is InChI=1S/C12H22O/c1-2-3-9-12(13)10-5-4-6-11(12)8-7-10/h10-11,13H,2-9H2,1H3. The predicted octanol–water partition coefficient (Wildman–Crippen LogP) is 3.12. The summed E-state index contributed by atoms with van der Waals surface area (Å²) >= 11 is 0. The summed E-state index contributed by atoms with van der Waals surface area (Å²) in [5.74, 6) is 1.30. The molecule has 0 spiro atoms. The van der Waals surface area contributed by atoms with Crippen molar-refractivity contribution in [3.63, 3.8) is 0 Å². The van der Waals surface area contributed by atoms with Gasteiger partial charge in [-0.2, -0.15) is 0 Å². The van der Waals surface area contributed by atoms with Crippen LogP contribution >= 0.6 is 0 Å². The van der Waals surface area contributed by atoms with E-state index in [4.69, 9.17) is 0 Å². The molecule has 2 aliphatic rings. The normalized spacial score (nSPS) is 43.8. The van der Waals surface area contributed by atoms with Crippen LogP contribution in [-0.4, -0.2) is 10.7 Å². The van der Waals surface area contributed by atoms with Crippen molar-refractivity contribution >= 4 is 0 Å². The van der Waals surface area contributed by atoms with Gasteiger partial charge in [-0.1, -0.05) is 26.2 Å². The van der Waals surface area contributed by atoms with E-state index < -0.39 is 0 Å². The number of fused-ring (bicyclic) bond motifs is 2. The maximum Gasteiger partial charge on any atom is 0.0703 e. The molecule has 0 aliphatic heterocycles. The fraction of sp³-hybridized carbons (Fsp3) is 1.00. The Labute approximate surface area is 81.5 Å². The van der Waals surface area contributed by atoms with E-state index in [9.17, 15) is 5.11 Å². The van der Waals surface area contributed by atoms with Crippen LogP contribution in [0.2, 0.25) is 0 Å². The molecule has 0 radical (unpaired) electrons. The van der Waals surface area contributed by atoms with Gasteiger partial charge in [0.1, 0.15) is 0 Å². The highest BCUT2D eigenvalue weighted by Gasteiger charge is 2.49. The Morgan fingerprint density at radius 3 is 2.31 bits per heavy atom. The minimum absolute atomic E-state index is 0.242. The quantitative estimate of drug-likeness (QED) is 0.711. The Bertz CT molecular complexity index is 160. The van der Waals surface area contributed by atoms with Crippen LogP contribution in [0.25, 0.3) is 0 Å². The SMILES string of the molecule is CCCCC1(O)C2CCCC1CC2. The fourth-order valence-corrected chi connectivity index (χ4v) is 3.50. The summed E-state index contributed by atoms with van der Waals surface area (Å²) in [7, 11) is 0. The lowest BCUT2D eigenvalue weighted by molar-refractivity contribution is -0.0672. The first kappa shape index (κ1) is 9.51. The van der Waals surface area contributed by atoms with Crippen LogP contribution in [0.4, 0.5) is 0 Å². The van der Waals surface area contributed by atoms with Crippen molar-refractivity contribution in [1.29, 1.82) is 0 Å². The molecule has 1 N–H and O–H groups in total. The molecule has 1 nitrogen and oxygen atoms in total. The summed E-state index contributed by atoms with van der Waals surface area (Å²) in [5.41, 5.74) is -0.242. The number of unbranched alkanes of at least 4 members (excludes halogenated alkanes) is 1. The molecular weight excluding hydrogens is 160 g/mol. The van der Waals surface area contributed by atoms with E-state index in [1.807, 2.05) is 0 Å². The van der Waals surface area contributed by atoms with E-state index in [1.54, 1.807) is 0 Å². The lowest BCUT2D eigenvalue weighted by Gasteiger charge is -2.39. The largest absolute Gasteiger partial charge is 0.389 e. The third kappa shape index (κ3) is 1.52. The van der Waals surface area contributed by atoms with Crippen LogP contribution in [0.3, 0.4) is 0 Å². The number of aliphatic hydroxyl groups is 1. The molecule has 0 heterocycles. The van der Waals surface area contributed by atoms with E-state index in [2.05, 4.69) is 6.92 Å². The molecule has 0 aromatic rings. The van der Waals surface area contributed by atoms with Crippen LogP contribution in [0, 0.1) is 11.8 Å². The van der Waals surface area contributed by atoms with Crippen molar-refractivity contribution in [3.05, 3.63) is 0 Å². The van der Waals surface area contributed by atoms with Crippen LogP contribution in [0.1, 0.15) is 58.3 Å². The monoisotopic (exact) mass is 182 g/mol. The molecule has 0 amide bonds. The van der Waals surface area contributed by atoms with Gasteiger partial charge >= 0.3 is 0 Å². The Kier molecular flexibility index (Phi) is 2.64. The summed E-state index contributed by atoms with van der Waals surface area (Å²) in [6, 6.07) is 0. The second kappa shape index (κ2) is 3.61. The molecule has 76 valence electrons. The van der Waals surface area contributed by atoms with Gasteiger partial charge in [-0.15, -0.1) is 0 Å². The molecule has 0 aromatic heterocycles. The third-order valence-corrected chi connectivity index (χ3v) is 4.31. The number of hydrogen-bond acceptors (Lipinski definition) is 1. The van der Waals surface area contributed by atoms with Gasteiger partial charge in [-0.25, -0.2) is 0 Å². The highest BCUT2D eigenvalue weighted by molar-refractivity contribution is 5.01. The van der Waals surface area contributed by atoms with Crippen molar-refractivity contribution < 1.29 is 5.11 Å². The fourth-order valence-electron chi connectivity index (χ4n) is 3.50. The van der Waals surface area contributed by atoms with Gasteiger partial charge in [-0.3, -0.25) is 0 Å². The zero-order valence-corrected chi connectivity index (χ0v) is 8.76. The third-order valence-electron chi connectivity index (χ3n) is 4.31. The first-order chi connectivity index (χ1) is 6.27. The minimum Gasteiger partial charge on any atom is -0.389 e. The molecule has 2 saturated carbocycles. The van der Waals surface area contributed by atoms with Crippen molar-refractivity contribution in [3.8, 4) is 0 Å². The predicted molar refractivity (Wildman–Crippen MR) is 54.5 cm³/mol. The van der Waals surface area contributed by atoms with Crippen molar-refractivity contribution in [1.82, 2.24) is 0 Å². The van der Waals surface area contributed by atoms with E-state index in [1.165, 1.54) is 44.9 Å². The van der Waals surface area contributed by atoms with Crippen molar-refractivity contribution in [2.75, 3.05) is 0 Å². The minimum atomic E-state index is -0.242. The van der Waals surface area contributed by atoms with Gasteiger partial charge < -0.3 is 5.11 Å². The zero-order chi connectivity index (χ0) is 9.31. The Balaban J connectivity index is 2.03. The second-order valence-electron chi connectivity index (χ2n) is 5.00. The van der Waals surface area contributed by atoms with E-state index in [-0.39, 0.29) is 5.60 Å². The first-order valence-electron chi connectivity index (χ1n) is 5.99. The topological polar surface area (TPSA) is 20.2 Å². The summed E-state index contributed by atoms with van der Waals surface area (Å²) in [4.78, 5) is 0. The summed E-state index contributed by atoms with van der Waals surface area (Å²) < 4.78 is 0. The van der Waals surface area contributed by atoms with E-state index in [0.717, 1.165) is 6.42 Å². The van der Waals surface area contributed by atoms with Gasteiger partial charge in [0.2, 0.25) is 0 Å². The Morgan fingerprint density at radius 2 is 1.77 bits per heavy atom. The smallest absolute Gasteiger partial charge is 0.0703 e. The molecule has 0 aromatic carbocycles. The zero-order valence-electron chi connectivity index (χ0n) is 8.76. The van der Waals surface area contributed by atoms with Gasteiger partial charge in [-0.05, 0) is 43.9 Å². The lowest BCUT2D eigenvalue weighted by atomic mass is 9.72. The molecule has 2 bridgehead atoms. The molecule has 2 fully saturated rings. The molecule has 2 unspecified atom stereocenters. The van der Waals surface area contributed by atoms with Crippen LogP contribution in [0.15, 0.2) is 0 Å². The molecule has 2 rings (SSSR count).